The number of carbonyl (C=O) groups is 1. The van der Waals surface area contributed by atoms with Crippen molar-refractivity contribution in [3.05, 3.63) is 62.0 Å². The lowest BCUT2D eigenvalue weighted by Gasteiger charge is -2.18. The first-order chi connectivity index (χ1) is 9.49. The molecule has 0 radical (unpaired) electrons. The van der Waals surface area contributed by atoms with E-state index in [2.05, 4.69) is 37.2 Å². The first-order valence-electron chi connectivity index (χ1n) is 5.68. The lowest BCUT2D eigenvalue weighted by atomic mass is 10.1. The maximum atomic E-state index is 11.5. The molecule has 2 aromatic rings. The van der Waals surface area contributed by atoms with Gasteiger partial charge in [0.05, 0.1) is 0 Å². The molecule has 2 rings (SSSR count). The Kier molecular flexibility index (Phi) is 5.07. The monoisotopic (exact) mass is 417 g/mol. The third-order valence-electron chi connectivity index (χ3n) is 2.69. The molecule has 2 aromatic carbocycles. The van der Waals surface area contributed by atoms with Gasteiger partial charge in [-0.25, -0.2) is 4.79 Å². The zero-order chi connectivity index (χ0) is 14.7. The Labute approximate surface area is 138 Å². The summed E-state index contributed by atoms with van der Waals surface area (Å²) in [5.74, 6) is -0.969. The van der Waals surface area contributed by atoms with E-state index in [0.29, 0.717) is 20.7 Å². The Morgan fingerprint density at radius 1 is 1.15 bits per heavy atom. The molecule has 0 heterocycles. The van der Waals surface area contributed by atoms with E-state index in [1.165, 1.54) is 0 Å². The van der Waals surface area contributed by atoms with Gasteiger partial charge in [-0.2, -0.15) is 0 Å². The number of aliphatic carboxylic acids is 1. The summed E-state index contributed by atoms with van der Waals surface area (Å²) in [5, 5.41) is 13.0. The highest BCUT2D eigenvalue weighted by atomic mass is 79.9. The number of rotatable bonds is 4. The number of halogens is 3. The number of para-hydroxylation sites is 1. The van der Waals surface area contributed by atoms with Crippen LogP contribution in [0.2, 0.25) is 5.02 Å². The predicted molar refractivity (Wildman–Crippen MR) is 87.3 cm³/mol. The van der Waals surface area contributed by atoms with Crippen molar-refractivity contribution in [2.45, 2.75) is 6.04 Å². The molecule has 0 amide bonds. The van der Waals surface area contributed by atoms with Gasteiger partial charge >= 0.3 is 5.97 Å². The quantitative estimate of drug-likeness (QED) is 0.725. The van der Waals surface area contributed by atoms with E-state index in [-0.39, 0.29) is 0 Å². The SMILES string of the molecule is O=C(O)C(Nc1ccccc1Br)c1ccc(Cl)cc1Br. The van der Waals surface area contributed by atoms with Crippen molar-refractivity contribution in [1.82, 2.24) is 0 Å². The van der Waals surface area contributed by atoms with Gasteiger partial charge in [0.15, 0.2) is 6.04 Å². The highest BCUT2D eigenvalue weighted by Crippen LogP contribution is 2.31. The molecule has 3 nitrogen and oxygen atoms in total. The second kappa shape index (κ2) is 6.61. The number of hydrogen-bond donors (Lipinski definition) is 2. The minimum Gasteiger partial charge on any atom is -0.479 e. The second-order valence-electron chi connectivity index (χ2n) is 4.06. The molecule has 0 bridgehead atoms. The molecule has 0 spiro atoms. The van der Waals surface area contributed by atoms with E-state index < -0.39 is 12.0 Å². The van der Waals surface area contributed by atoms with Gasteiger partial charge in [-0.15, -0.1) is 0 Å². The summed E-state index contributed by atoms with van der Waals surface area (Å²) < 4.78 is 1.45. The molecule has 2 N–H and O–H groups in total. The van der Waals surface area contributed by atoms with Crippen molar-refractivity contribution in [1.29, 1.82) is 0 Å². The zero-order valence-corrected chi connectivity index (χ0v) is 14.0. The molecular weight excluding hydrogens is 409 g/mol. The fourth-order valence-electron chi connectivity index (χ4n) is 1.74. The Hall–Kier alpha value is -1.04. The average Bonchev–Trinajstić information content (AvgIpc) is 2.38. The molecule has 0 fully saturated rings. The van der Waals surface area contributed by atoms with Crippen molar-refractivity contribution < 1.29 is 9.90 Å². The van der Waals surface area contributed by atoms with Crippen LogP contribution in [-0.4, -0.2) is 11.1 Å². The fourth-order valence-corrected chi connectivity index (χ4v) is 3.05. The summed E-state index contributed by atoms with van der Waals surface area (Å²) in [5.41, 5.74) is 1.32. The van der Waals surface area contributed by atoms with Crippen molar-refractivity contribution in [2.24, 2.45) is 0 Å². The van der Waals surface area contributed by atoms with Crippen LogP contribution in [-0.2, 0) is 4.79 Å². The van der Waals surface area contributed by atoms with E-state index in [1.54, 1.807) is 18.2 Å². The van der Waals surface area contributed by atoms with Gasteiger partial charge in [0.2, 0.25) is 0 Å². The third kappa shape index (κ3) is 3.53. The minimum absolute atomic E-state index is 0.547. The van der Waals surface area contributed by atoms with Crippen LogP contribution in [0.4, 0.5) is 5.69 Å². The second-order valence-corrected chi connectivity index (χ2v) is 6.21. The van der Waals surface area contributed by atoms with E-state index in [0.717, 1.165) is 4.47 Å². The van der Waals surface area contributed by atoms with Gasteiger partial charge in [-0.05, 0) is 45.8 Å². The first-order valence-corrected chi connectivity index (χ1v) is 7.64. The summed E-state index contributed by atoms with van der Waals surface area (Å²) in [7, 11) is 0. The van der Waals surface area contributed by atoms with Crippen molar-refractivity contribution in [2.75, 3.05) is 5.32 Å². The van der Waals surface area contributed by atoms with Crippen LogP contribution in [0.15, 0.2) is 51.4 Å². The first kappa shape index (κ1) is 15.4. The number of nitrogens with one attached hydrogen (secondary N) is 1. The Morgan fingerprint density at radius 3 is 2.45 bits per heavy atom. The van der Waals surface area contributed by atoms with Crippen LogP contribution in [0.25, 0.3) is 0 Å². The maximum Gasteiger partial charge on any atom is 0.330 e. The van der Waals surface area contributed by atoms with Crippen molar-refractivity contribution in [3.8, 4) is 0 Å². The number of carboxylic acid groups (broad SMARTS) is 1. The summed E-state index contributed by atoms with van der Waals surface area (Å²) in [6.07, 6.45) is 0. The third-order valence-corrected chi connectivity index (χ3v) is 4.31. The van der Waals surface area contributed by atoms with Gasteiger partial charge in [-0.1, -0.05) is 45.7 Å². The van der Waals surface area contributed by atoms with Crippen LogP contribution in [0, 0.1) is 0 Å². The van der Waals surface area contributed by atoms with Crippen LogP contribution >= 0.6 is 43.5 Å². The Balaban J connectivity index is 2.37. The molecular formula is C14H10Br2ClNO2. The molecule has 6 heteroatoms. The minimum atomic E-state index is -0.969. The molecule has 0 aromatic heterocycles. The van der Waals surface area contributed by atoms with E-state index in [9.17, 15) is 9.90 Å². The lowest BCUT2D eigenvalue weighted by molar-refractivity contribution is -0.138. The predicted octanol–water partition coefficient (Wildman–Crippen LogP) is 5.10. The van der Waals surface area contributed by atoms with Gasteiger partial charge in [0, 0.05) is 19.7 Å². The summed E-state index contributed by atoms with van der Waals surface area (Å²) in [6, 6.07) is 11.5. The van der Waals surface area contributed by atoms with Crippen LogP contribution in [0.3, 0.4) is 0 Å². The largest absolute Gasteiger partial charge is 0.479 e. The molecule has 0 aliphatic rings. The molecule has 20 heavy (non-hydrogen) atoms. The number of carboxylic acids is 1. The molecule has 1 atom stereocenters. The number of hydrogen-bond acceptors (Lipinski definition) is 2. The van der Waals surface area contributed by atoms with Gasteiger partial charge in [0.25, 0.3) is 0 Å². The van der Waals surface area contributed by atoms with Gasteiger partial charge < -0.3 is 10.4 Å². The van der Waals surface area contributed by atoms with Gasteiger partial charge in [0.1, 0.15) is 0 Å². The molecule has 0 saturated carbocycles. The highest BCUT2D eigenvalue weighted by Gasteiger charge is 2.22. The molecule has 0 aliphatic carbocycles. The normalized spacial score (nSPS) is 11.9. The fraction of sp³-hybridized carbons (Fsp3) is 0.0714. The van der Waals surface area contributed by atoms with Gasteiger partial charge in [-0.3, -0.25) is 0 Å². The molecule has 0 saturated heterocycles. The van der Waals surface area contributed by atoms with Crippen LogP contribution in [0.5, 0.6) is 0 Å². The summed E-state index contributed by atoms with van der Waals surface area (Å²) in [6.45, 7) is 0. The summed E-state index contributed by atoms with van der Waals surface area (Å²) >= 11 is 12.6. The number of anilines is 1. The standard InChI is InChI=1S/C14H10Br2ClNO2/c15-10-3-1-2-4-12(10)18-13(14(19)20)9-6-5-8(17)7-11(9)16/h1-7,13,18H,(H,19,20). The Bertz CT molecular complexity index is 649. The van der Waals surface area contributed by atoms with Crippen LogP contribution < -0.4 is 5.32 Å². The highest BCUT2D eigenvalue weighted by molar-refractivity contribution is 9.11. The molecule has 1 unspecified atom stereocenters. The van der Waals surface area contributed by atoms with Crippen molar-refractivity contribution >= 4 is 55.1 Å². The van der Waals surface area contributed by atoms with E-state index in [1.807, 2.05) is 24.3 Å². The van der Waals surface area contributed by atoms with Crippen molar-refractivity contribution in [3.63, 3.8) is 0 Å². The van der Waals surface area contributed by atoms with E-state index in [4.69, 9.17) is 11.6 Å². The van der Waals surface area contributed by atoms with Crippen LogP contribution in [0.1, 0.15) is 11.6 Å². The molecule has 104 valence electrons. The zero-order valence-electron chi connectivity index (χ0n) is 10.1. The number of benzene rings is 2. The lowest BCUT2D eigenvalue weighted by Crippen LogP contribution is -2.21. The van der Waals surface area contributed by atoms with E-state index >= 15 is 0 Å². The smallest absolute Gasteiger partial charge is 0.330 e. The topological polar surface area (TPSA) is 49.3 Å². The summed E-state index contributed by atoms with van der Waals surface area (Å²) in [4.78, 5) is 11.5. The maximum absolute atomic E-state index is 11.5. The average molecular weight is 420 g/mol. The molecule has 0 aliphatic heterocycles. The Morgan fingerprint density at radius 2 is 1.85 bits per heavy atom.